The van der Waals surface area contributed by atoms with Crippen LogP contribution >= 0.6 is 0 Å². The van der Waals surface area contributed by atoms with Crippen molar-refractivity contribution in [2.24, 2.45) is 5.92 Å². The maximum absolute atomic E-state index is 12.8. The van der Waals surface area contributed by atoms with E-state index >= 15 is 0 Å². The highest BCUT2D eigenvalue weighted by molar-refractivity contribution is 7.89. The van der Waals surface area contributed by atoms with E-state index < -0.39 is 14.9 Å². The van der Waals surface area contributed by atoms with E-state index in [1.807, 2.05) is 0 Å². The molecule has 29 heavy (non-hydrogen) atoms. The number of benzene rings is 1. The van der Waals surface area contributed by atoms with Crippen molar-refractivity contribution >= 4 is 21.4 Å². The summed E-state index contributed by atoms with van der Waals surface area (Å²) in [6.07, 6.45) is 4.59. The van der Waals surface area contributed by atoms with Gasteiger partial charge in [0.05, 0.1) is 16.1 Å². The first kappa shape index (κ1) is 21.3. The van der Waals surface area contributed by atoms with Crippen molar-refractivity contribution in [2.45, 2.75) is 30.6 Å². The Morgan fingerprint density at radius 3 is 2.62 bits per heavy atom. The molecule has 1 atom stereocenters. The lowest BCUT2D eigenvalue weighted by molar-refractivity contribution is -0.384. The number of furan rings is 1. The number of nitro groups is 1. The molecule has 0 amide bonds. The summed E-state index contributed by atoms with van der Waals surface area (Å²) in [4.78, 5) is 10.9. The Labute approximate surface area is 169 Å². The molecule has 9 nitrogen and oxygen atoms in total. The molecule has 158 valence electrons. The molecule has 1 aromatic carbocycles. The predicted molar refractivity (Wildman–Crippen MR) is 107 cm³/mol. The Morgan fingerprint density at radius 1 is 1.24 bits per heavy atom. The highest BCUT2D eigenvalue weighted by Gasteiger charge is 2.28. The maximum atomic E-state index is 12.8. The lowest BCUT2D eigenvalue weighted by Gasteiger charge is -2.25. The van der Waals surface area contributed by atoms with Gasteiger partial charge in [0.15, 0.2) is 0 Å². The molecular formula is C19H25N3O6S. The van der Waals surface area contributed by atoms with Gasteiger partial charge in [-0.3, -0.25) is 10.1 Å². The molecular weight excluding hydrogens is 398 g/mol. The molecule has 1 saturated heterocycles. The highest BCUT2D eigenvalue weighted by atomic mass is 32.2. The molecule has 0 aliphatic carbocycles. The minimum absolute atomic E-state index is 0.0778. The van der Waals surface area contributed by atoms with E-state index in [-0.39, 0.29) is 35.3 Å². The zero-order valence-electron chi connectivity index (χ0n) is 16.0. The smallest absolute Gasteiger partial charge is 0.293 e. The van der Waals surface area contributed by atoms with Crippen molar-refractivity contribution < 1.29 is 22.9 Å². The second kappa shape index (κ2) is 9.38. The van der Waals surface area contributed by atoms with Gasteiger partial charge in [-0.25, -0.2) is 8.42 Å². The lowest BCUT2D eigenvalue weighted by atomic mass is 10.0. The standard InChI is InChI=1S/C19H25N3O6S/c23-14-15(11-16-5-4-10-28-16)13-20-18-7-6-17(12-19(18)22(24)25)29(26,27)21-8-2-1-3-9-21/h4-7,10,12,15,20,23H,1-3,8-9,11,13-14H2. The molecule has 1 aliphatic heterocycles. The van der Waals surface area contributed by atoms with Crippen LogP contribution in [-0.4, -0.2) is 49.0 Å². The third kappa shape index (κ3) is 5.14. The molecule has 3 rings (SSSR count). The van der Waals surface area contributed by atoms with Crippen LogP contribution in [0.3, 0.4) is 0 Å². The summed E-state index contributed by atoms with van der Waals surface area (Å²) in [5, 5.41) is 24.1. The van der Waals surface area contributed by atoms with Gasteiger partial charge in [-0.1, -0.05) is 6.42 Å². The van der Waals surface area contributed by atoms with Gasteiger partial charge in [0.1, 0.15) is 11.4 Å². The number of hydrogen-bond acceptors (Lipinski definition) is 7. The molecule has 10 heteroatoms. The third-order valence-corrected chi connectivity index (χ3v) is 6.92. The number of aliphatic hydroxyl groups excluding tert-OH is 1. The summed E-state index contributed by atoms with van der Waals surface area (Å²) in [7, 11) is -3.76. The Hall–Kier alpha value is -2.43. The van der Waals surface area contributed by atoms with Crippen molar-refractivity contribution in [3.05, 3.63) is 52.5 Å². The Morgan fingerprint density at radius 2 is 2.00 bits per heavy atom. The van der Waals surface area contributed by atoms with Gasteiger partial charge in [0, 0.05) is 44.6 Å². The van der Waals surface area contributed by atoms with Crippen LogP contribution in [0.5, 0.6) is 0 Å². The summed E-state index contributed by atoms with van der Waals surface area (Å²) in [6.45, 7) is 1.02. The van der Waals surface area contributed by atoms with Gasteiger partial charge in [-0.05, 0) is 37.1 Å². The minimum Gasteiger partial charge on any atom is -0.469 e. The minimum atomic E-state index is -3.76. The van der Waals surface area contributed by atoms with Crippen LogP contribution in [0.15, 0.2) is 45.9 Å². The summed E-state index contributed by atoms with van der Waals surface area (Å²) >= 11 is 0. The molecule has 2 heterocycles. The van der Waals surface area contributed by atoms with Crippen molar-refractivity contribution in [3.8, 4) is 0 Å². The number of hydrogen-bond donors (Lipinski definition) is 2. The number of aliphatic hydroxyl groups is 1. The molecule has 0 spiro atoms. The van der Waals surface area contributed by atoms with Crippen LogP contribution < -0.4 is 5.32 Å². The van der Waals surface area contributed by atoms with E-state index in [2.05, 4.69) is 5.32 Å². The third-order valence-electron chi connectivity index (χ3n) is 5.03. The quantitative estimate of drug-likeness (QED) is 0.469. The first-order chi connectivity index (χ1) is 13.9. The van der Waals surface area contributed by atoms with E-state index in [4.69, 9.17) is 4.42 Å². The monoisotopic (exact) mass is 423 g/mol. The summed E-state index contributed by atoms with van der Waals surface area (Å²) in [6, 6.07) is 7.46. The van der Waals surface area contributed by atoms with Crippen LogP contribution in [0.2, 0.25) is 0 Å². The number of nitrogens with zero attached hydrogens (tertiary/aromatic N) is 2. The molecule has 0 saturated carbocycles. The zero-order valence-corrected chi connectivity index (χ0v) is 16.8. The van der Waals surface area contributed by atoms with E-state index in [0.29, 0.717) is 25.3 Å². The molecule has 0 radical (unpaired) electrons. The van der Waals surface area contributed by atoms with Crippen molar-refractivity contribution in [1.29, 1.82) is 0 Å². The molecule has 0 bridgehead atoms. The van der Waals surface area contributed by atoms with Gasteiger partial charge in [-0.15, -0.1) is 0 Å². The van der Waals surface area contributed by atoms with Gasteiger partial charge in [0.2, 0.25) is 10.0 Å². The summed E-state index contributed by atoms with van der Waals surface area (Å²) in [5.41, 5.74) is -0.0942. The largest absolute Gasteiger partial charge is 0.469 e. The SMILES string of the molecule is O=[N+]([O-])c1cc(S(=O)(=O)N2CCCCC2)ccc1NCC(CO)Cc1ccco1. The van der Waals surface area contributed by atoms with E-state index in [1.54, 1.807) is 18.4 Å². The van der Waals surface area contributed by atoms with Gasteiger partial charge in [-0.2, -0.15) is 4.31 Å². The van der Waals surface area contributed by atoms with Crippen molar-refractivity contribution in [1.82, 2.24) is 4.31 Å². The normalized spacial score (nSPS) is 16.4. The first-order valence-electron chi connectivity index (χ1n) is 9.57. The highest BCUT2D eigenvalue weighted by Crippen LogP contribution is 2.30. The average molecular weight is 423 g/mol. The van der Waals surface area contributed by atoms with Crippen LogP contribution in [0.1, 0.15) is 25.0 Å². The summed E-state index contributed by atoms with van der Waals surface area (Å²) < 4.78 is 32.3. The fourth-order valence-corrected chi connectivity index (χ4v) is 4.93. The summed E-state index contributed by atoms with van der Waals surface area (Å²) in [5.74, 6) is 0.501. The molecule has 1 fully saturated rings. The van der Waals surface area contributed by atoms with Gasteiger partial charge >= 0.3 is 0 Å². The molecule has 2 aromatic rings. The van der Waals surface area contributed by atoms with E-state index in [0.717, 1.165) is 25.3 Å². The predicted octanol–water partition coefficient (Wildman–Crippen LogP) is 2.63. The Bertz CT molecular complexity index is 923. The average Bonchev–Trinajstić information content (AvgIpc) is 3.24. The molecule has 1 aromatic heterocycles. The number of nitrogens with one attached hydrogen (secondary N) is 1. The fourth-order valence-electron chi connectivity index (χ4n) is 3.40. The topological polar surface area (TPSA) is 126 Å². The van der Waals surface area contributed by atoms with Gasteiger partial charge < -0.3 is 14.8 Å². The number of nitro benzene ring substituents is 1. The zero-order chi connectivity index (χ0) is 20.9. The molecule has 1 unspecified atom stereocenters. The number of piperidine rings is 1. The molecule has 1 aliphatic rings. The van der Waals surface area contributed by atoms with Crippen LogP contribution in [0.4, 0.5) is 11.4 Å². The van der Waals surface area contributed by atoms with Crippen molar-refractivity contribution in [3.63, 3.8) is 0 Å². The Kier molecular flexibility index (Phi) is 6.88. The van der Waals surface area contributed by atoms with E-state index in [1.165, 1.54) is 16.4 Å². The number of rotatable bonds is 9. The lowest BCUT2D eigenvalue weighted by Crippen LogP contribution is -2.35. The van der Waals surface area contributed by atoms with Gasteiger partial charge in [0.25, 0.3) is 5.69 Å². The first-order valence-corrected chi connectivity index (χ1v) is 11.0. The molecule has 2 N–H and O–H groups in total. The van der Waals surface area contributed by atoms with Crippen molar-refractivity contribution in [2.75, 3.05) is 31.6 Å². The maximum Gasteiger partial charge on any atom is 0.293 e. The van der Waals surface area contributed by atoms with Crippen LogP contribution in [0.25, 0.3) is 0 Å². The van der Waals surface area contributed by atoms with Crippen LogP contribution in [-0.2, 0) is 16.4 Å². The number of anilines is 1. The number of sulfonamides is 1. The second-order valence-electron chi connectivity index (χ2n) is 7.11. The Balaban J connectivity index is 1.76. The van der Waals surface area contributed by atoms with Crippen LogP contribution in [0, 0.1) is 16.0 Å². The second-order valence-corrected chi connectivity index (χ2v) is 9.05. The van der Waals surface area contributed by atoms with E-state index in [9.17, 15) is 23.6 Å². The fraction of sp³-hybridized carbons (Fsp3) is 0.474.